The Kier molecular flexibility index (Phi) is 9.84. The number of amides is 3. The third-order valence-corrected chi connectivity index (χ3v) is 7.37. The van der Waals surface area contributed by atoms with Gasteiger partial charge in [0.25, 0.3) is 5.91 Å². The van der Waals surface area contributed by atoms with E-state index >= 15 is 0 Å². The summed E-state index contributed by atoms with van der Waals surface area (Å²) in [7, 11) is 1.20. The topological polar surface area (TPSA) is 132 Å². The van der Waals surface area contributed by atoms with Gasteiger partial charge in [-0.3, -0.25) is 9.59 Å². The minimum atomic E-state index is -1.09. The maximum absolute atomic E-state index is 14.6. The van der Waals surface area contributed by atoms with Crippen LogP contribution in [0, 0.1) is 5.82 Å². The van der Waals surface area contributed by atoms with Crippen molar-refractivity contribution in [2.75, 3.05) is 33.5 Å². The SMILES string of the molecule is COC(=O)[C@@H]1COC/C=C/C(=O)N2C[C@@H](NC(=O)OC(C)(C)C)C[C@H]2COc2cc(F)cc(c2)-c2csc(c2)C(=O)N1. The first kappa shape index (κ1) is 31.0. The Morgan fingerprint density at radius 3 is 2.67 bits per heavy atom. The smallest absolute Gasteiger partial charge is 0.407 e. The molecule has 4 rings (SSSR count). The molecule has 1 fully saturated rings. The first-order valence-corrected chi connectivity index (χ1v) is 14.2. The predicted octanol–water partition coefficient (Wildman–Crippen LogP) is 3.29. The van der Waals surface area contributed by atoms with Gasteiger partial charge in [-0.05, 0) is 61.9 Å². The van der Waals surface area contributed by atoms with Gasteiger partial charge in [0.2, 0.25) is 5.91 Å². The highest BCUT2D eigenvalue weighted by Crippen LogP contribution is 2.30. The van der Waals surface area contributed by atoms with Gasteiger partial charge in [-0.1, -0.05) is 6.08 Å². The molecular formula is C29H34FN3O8S. The molecule has 11 nitrogen and oxygen atoms in total. The Morgan fingerprint density at radius 1 is 1.14 bits per heavy atom. The lowest BCUT2D eigenvalue weighted by molar-refractivity contribution is -0.144. The number of thiophene rings is 1. The van der Waals surface area contributed by atoms with Crippen molar-refractivity contribution >= 4 is 35.2 Å². The molecular weight excluding hydrogens is 569 g/mol. The molecule has 0 saturated carbocycles. The lowest BCUT2D eigenvalue weighted by Gasteiger charge is -2.23. The predicted molar refractivity (Wildman–Crippen MR) is 152 cm³/mol. The van der Waals surface area contributed by atoms with Gasteiger partial charge in [0.15, 0.2) is 6.04 Å². The summed E-state index contributed by atoms with van der Waals surface area (Å²) in [5.41, 5.74) is 0.386. The van der Waals surface area contributed by atoms with Crippen LogP contribution in [0.1, 0.15) is 36.9 Å². The van der Waals surface area contributed by atoms with Gasteiger partial charge in [-0.15, -0.1) is 11.3 Å². The molecule has 1 aromatic carbocycles. The molecule has 0 aliphatic carbocycles. The number of methoxy groups -OCH3 is 1. The van der Waals surface area contributed by atoms with Crippen LogP contribution in [0.3, 0.4) is 0 Å². The fraction of sp³-hybridized carbons (Fsp3) is 0.448. The second kappa shape index (κ2) is 13.3. The summed E-state index contributed by atoms with van der Waals surface area (Å²) in [6.45, 7) is 5.32. The Bertz CT molecular complexity index is 1350. The molecule has 0 unspecified atom stereocenters. The van der Waals surface area contributed by atoms with Crippen LogP contribution in [0.25, 0.3) is 11.1 Å². The quantitative estimate of drug-likeness (QED) is 0.500. The molecule has 0 radical (unpaired) electrons. The van der Waals surface area contributed by atoms with Gasteiger partial charge in [-0.2, -0.15) is 0 Å². The highest BCUT2D eigenvalue weighted by Gasteiger charge is 2.36. The van der Waals surface area contributed by atoms with E-state index in [2.05, 4.69) is 10.6 Å². The van der Waals surface area contributed by atoms with Crippen LogP contribution in [0.15, 0.2) is 41.8 Å². The molecule has 1 saturated heterocycles. The fourth-order valence-electron chi connectivity index (χ4n) is 4.57. The van der Waals surface area contributed by atoms with E-state index < -0.39 is 47.5 Å². The van der Waals surface area contributed by atoms with Crippen molar-refractivity contribution in [1.29, 1.82) is 0 Å². The Labute approximate surface area is 246 Å². The molecule has 3 amide bonds. The van der Waals surface area contributed by atoms with E-state index in [9.17, 15) is 23.6 Å². The molecule has 42 heavy (non-hydrogen) atoms. The number of halogens is 1. The minimum Gasteiger partial charge on any atom is -0.491 e. The zero-order valence-corrected chi connectivity index (χ0v) is 24.6. The summed E-state index contributed by atoms with van der Waals surface area (Å²) in [4.78, 5) is 52.5. The van der Waals surface area contributed by atoms with Gasteiger partial charge < -0.3 is 34.5 Å². The van der Waals surface area contributed by atoms with Crippen LogP contribution in [0.2, 0.25) is 0 Å². The van der Waals surface area contributed by atoms with Crippen LogP contribution < -0.4 is 15.4 Å². The lowest BCUT2D eigenvalue weighted by Crippen LogP contribution is -2.44. The number of esters is 1. The number of ether oxygens (including phenoxy) is 4. The number of fused-ring (bicyclic) bond motifs is 6. The maximum Gasteiger partial charge on any atom is 0.407 e. The lowest BCUT2D eigenvalue weighted by atomic mass is 10.1. The monoisotopic (exact) mass is 603 g/mol. The van der Waals surface area contributed by atoms with Crippen molar-refractivity contribution < 1.29 is 42.5 Å². The summed E-state index contributed by atoms with van der Waals surface area (Å²) in [6.07, 6.45) is 2.61. The summed E-state index contributed by atoms with van der Waals surface area (Å²) >= 11 is 1.14. The van der Waals surface area contributed by atoms with Crippen molar-refractivity contribution in [3.63, 3.8) is 0 Å². The molecule has 226 valence electrons. The summed E-state index contributed by atoms with van der Waals surface area (Å²) < 4.78 is 36.3. The van der Waals surface area contributed by atoms with E-state index in [1.54, 1.807) is 43.2 Å². The average Bonchev–Trinajstić information content (AvgIpc) is 3.56. The van der Waals surface area contributed by atoms with Gasteiger partial charge >= 0.3 is 12.1 Å². The van der Waals surface area contributed by atoms with E-state index in [-0.39, 0.29) is 38.0 Å². The molecule has 2 aliphatic heterocycles. The molecule has 0 spiro atoms. The van der Waals surface area contributed by atoms with E-state index in [4.69, 9.17) is 18.9 Å². The molecule has 2 aliphatic rings. The van der Waals surface area contributed by atoms with Crippen LogP contribution in [-0.2, 0) is 23.8 Å². The molecule has 2 aromatic rings. The van der Waals surface area contributed by atoms with Crippen molar-refractivity contribution in [3.05, 3.63) is 52.5 Å². The van der Waals surface area contributed by atoms with Crippen LogP contribution in [0.5, 0.6) is 5.75 Å². The Morgan fingerprint density at radius 2 is 1.93 bits per heavy atom. The van der Waals surface area contributed by atoms with E-state index in [0.29, 0.717) is 22.4 Å². The molecule has 4 bridgehead atoms. The third-order valence-electron chi connectivity index (χ3n) is 6.44. The van der Waals surface area contributed by atoms with Crippen molar-refractivity contribution in [1.82, 2.24) is 15.5 Å². The number of carbonyl (C=O) groups is 4. The Balaban J connectivity index is 1.60. The highest BCUT2D eigenvalue weighted by molar-refractivity contribution is 7.12. The van der Waals surface area contributed by atoms with Crippen LogP contribution in [0.4, 0.5) is 9.18 Å². The number of nitrogens with zero attached hydrogens (tertiary/aromatic N) is 1. The zero-order chi connectivity index (χ0) is 30.4. The summed E-state index contributed by atoms with van der Waals surface area (Å²) in [6, 6.07) is 3.88. The number of hydrogen-bond donors (Lipinski definition) is 2. The van der Waals surface area contributed by atoms with Gasteiger partial charge in [0.1, 0.15) is 23.8 Å². The second-order valence-electron chi connectivity index (χ2n) is 10.9. The van der Waals surface area contributed by atoms with Gasteiger partial charge in [-0.25, -0.2) is 14.0 Å². The fourth-order valence-corrected chi connectivity index (χ4v) is 5.39. The number of rotatable bonds is 2. The van der Waals surface area contributed by atoms with Crippen LogP contribution in [-0.4, -0.2) is 86.0 Å². The molecule has 13 heteroatoms. The zero-order valence-electron chi connectivity index (χ0n) is 23.8. The molecule has 1 aromatic heterocycles. The molecule has 2 N–H and O–H groups in total. The number of alkyl carbamates (subject to hydrolysis) is 1. The number of hydrogen-bond acceptors (Lipinski definition) is 9. The summed E-state index contributed by atoms with van der Waals surface area (Å²) in [5.74, 6) is -1.86. The average molecular weight is 604 g/mol. The third kappa shape index (κ3) is 8.29. The number of carbonyl (C=O) groups excluding carboxylic acids is 4. The van der Waals surface area contributed by atoms with E-state index in [1.165, 1.54) is 31.4 Å². The Hall–Kier alpha value is -3.97. The van der Waals surface area contributed by atoms with E-state index in [0.717, 1.165) is 11.3 Å². The standard InChI is InChI=1S/C29H34FN3O8S/c1-29(2,3)41-28(37)31-20-12-21-14-40-22-9-17(8-19(30)11-22)18-10-24(42-16-18)26(35)32-23(27(36)38-4)15-39-7-5-6-25(34)33(21)13-20/h5-6,8-11,16,20-21,23H,7,12-15H2,1-4H3,(H,31,37)(H,32,35)/b6-5+/t20-,21-,23-/m0/s1. The maximum atomic E-state index is 14.6. The van der Waals surface area contributed by atoms with Gasteiger partial charge in [0, 0.05) is 18.7 Å². The second-order valence-corrected chi connectivity index (χ2v) is 11.8. The van der Waals surface area contributed by atoms with Crippen molar-refractivity contribution in [2.24, 2.45) is 0 Å². The van der Waals surface area contributed by atoms with Crippen molar-refractivity contribution in [3.8, 4) is 16.9 Å². The molecule has 3 heterocycles. The van der Waals surface area contributed by atoms with E-state index in [1.807, 2.05) is 0 Å². The summed E-state index contributed by atoms with van der Waals surface area (Å²) in [5, 5.41) is 7.11. The normalized spacial score (nSPS) is 22.4. The first-order valence-electron chi connectivity index (χ1n) is 13.4. The minimum absolute atomic E-state index is 0.0159. The number of benzene rings is 1. The highest BCUT2D eigenvalue weighted by atomic mass is 32.1. The molecule has 3 atom stereocenters. The van der Waals surface area contributed by atoms with Gasteiger partial charge in [0.05, 0.1) is 37.3 Å². The largest absolute Gasteiger partial charge is 0.491 e. The number of nitrogens with one attached hydrogen (secondary N) is 2. The van der Waals surface area contributed by atoms with Crippen molar-refractivity contribution in [2.45, 2.75) is 50.9 Å². The van der Waals surface area contributed by atoms with Crippen LogP contribution >= 0.6 is 11.3 Å². The first-order chi connectivity index (χ1) is 19.9.